The molecule has 1 aliphatic heterocycles. The van der Waals surface area contributed by atoms with Crippen molar-refractivity contribution in [2.75, 3.05) is 0 Å². The smallest absolute Gasteiger partial charge is 0.242 e. The van der Waals surface area contributed by atoms with Crippen molar-refractivity contribution in [1.29, 1.82) is 0 Å². The molecule has 78 valence electrons. The van der Waals surface area contributed by atoms with Crippen molar-refractivity contribution < 1.29 is 4.79 Å². The van der Waals surface area contributed by atoms with Crippen LogP contribution in [-0.2, 0) is 4.79 Å². The molecule has 1 aliphatic rings. The monoisotopic (exact) mass is 203 g/mol. The van der Waals surface area contributed by atoms with Crippen LogP contribution in [0.5, 0.6) is 0 Å². The van der Waals surface area contributed by atoms with Gasteiger partial charge in [0.25, 0.3) is 0 Å². The number of amides is 1. The Kier molecular flexibility index (Phi) is 2.41. The quantitative estimate of drug-likeness (QED) is 0.717. The van der Waals surface area contributed by atoms with Crippen LogP contribution in [-0.4, -0.2) is 10.9 Å². The maximum absolute atomic E-state index is 10.9. The number of hydrogen-bond donors (Lipinski definition) is 2. The van der Waals surface area contributed by atoms with Crippen LogP contribution in [0.4, 0.5) is 0 Å². The van der Waals surface area contributed by atoms with Crippen molar-refractivity contribution in [2.45, 2.75) is 20.3 Å². The Labute approximate surface area is 88.4 Å². The minimum absolute atomic E-state index is 0.0127. The van der Waals surface area contributed by atoms with Crippen LogP contribution in [0.2, 0.25) is 0 Å². The third-order valence-corrected chi connectivity index (χ3v) is 2.22. The number of carbonyl (C=O) groups excluding carboxylic acids is 1. The molecule has 2 rings (SSSR count). The van der Waals surface area contributed by atoms with Crippen molar-refractivity contribution >= 4 is 11.6 Å². The third-order valence-electron chi connectivity index (χ3n) is 2.22. The summed E-state index contributed by atoms with van der Waals surface area (Å²) in [6.45, 7) is 3.91. The van der Waals surface area contributed by atoms with E-state index in [1.807, 2.05) is 32.1 Å². The topological polar surface area (TPSA) is 54.0 Å². The Morgan fingerprint density at radius 1 is 1.20 bits per heavy atom. The Bertz CT molecular complexity index is 417. The number of aryl methyl sites for hydroxylation is 2. The molecule has 4 nitrogen and oxygen atoms in total. The first-order valence-electron chi connectivity index (χ1n) is 4.86. The third kappa shape index (κ3) is 2.15. The van der Waals surface area contributed by atoms with E-state index in [4.69, 9.17) is 0 Å². The fraction of sp³-hybridized carbons (Fsp3) is 0.273. The summed E-state index contributed by atoms with van der Waals surface area (Å²) in [4.78, 5) is 15.2. The van der Waals surface area contributed by atoms with Crippen molar-refractivity contribution in [1.82, 2.24) is 15.8 Å². The summed E-state index contributed by atoms with van der Waals surface area (Å²) in [6, 6.07) is 3.98. The summed E-state index contributed by atoms with van der Waals surface area (Å²) in [5.41, 5.74) is 9.41. The molecule has 4 heteroatoms. The number of nitrogens with zero attached hydrogens (tertiary/aromatic N) is 1. The van der Waals surface area contributed by atoms with Crippen molar-refractivity contribution in [3.05, 3.63) is 35.2 Å². The molecule has 1 aromatic heterocycles. The van der Waals surface area contributed by atoms with Gasteiger partial charge < -0.3 is 0 Å². The molecule has 0 saturated carbocycles. The predicted molar refractivity (Wildman–Crippen MR) is 57.6 cm³/mol. The molecule has 0 fully saturated rings. The van der Waals surface area contributed by atoms with Gasteiger partial charge in [-0.1, -0.05) is 0 Å². The highest BCUT2D eigenvalue weighted by atomic mass is 16.2. The second kappa shape index (κ2) is 3.73. The SMILES string of the molecule is Cc1cc(C2=CCC(=O)NN2)cc(C)n1. The van der Waals surface area contributed by atoms with E-state index in [0.717, 1.165) is 22.6 Å². The molecular weight excluding hydrogens is 190 g/mol. The number of nitrogens with one attached hydrogen (secondary N) is 2. The maximum atomic E-state index is 10.9. The molecule has 2 heterocycles. The minimum Gasteiger partial charge on any atom is -0.298 e. The molecule has 0 saturated heterocycles. The van der Waals surface area contributed by atoms with Crippen LogP contribution in [0.3, 0.4) is 0 Å². The van der Waals surface area contributed by atoms with E-state index < -0.39 is 0 Å². The Morgan fingerprint density at radius 3 is 2.40 bits per heavy atom. The summed E-state index contributed by atoms with van der Waals surface area (Å²) in [5, 5.41) is 0. The van der Waals surface area contributed by atoms with Crippen LogP contribution >= 0.6 is 0 Å². The zero-order chi connectivity index (χ0) is 10.8. The van der Waals surface area contributed by atoms with Gasteiger partial charge in [-0.3, -0.25) is 20.6 Å². The minimum atomic E-state index is -0.0127. The highest BCUT2D eigenvalue weighted by Crippen LogP contribution is 2.15. The molecule has 0 aliphatic carbocycles. The molecule has 1 aromatic rings. The van der Waals surface area contributed by atoms with Crippen molar-refractivity contribution in [3.8, 4) is 0 Å². The lowest BCUT2D eigenvalue weighted by Gasteiger charge is -2.17. The van der Waals surface area contributed by atoms with Gasteiger partial charge in [0, 0.05) is 23.4 Å². The fourth-order valence-corrected chi connectivity index (χ4v) is 1.61. The van der Waals surface area contributed by atoms with Crippen LogP contribution in [0.1, 0.15) is 23.4 Å². The van der Waals surface area contributed by atoms with E-state index in [-0.39, 0.29) is 5.91 Å². The molecule has 0 radical (unpaired) electrons. The van der Waals surface area contributed by atoms with E-state index in [1.54, 1.807) is 0 Å². The summed E-state index contributed by atoms with van der Waals surface area (Å²) in [5.74, 6) is -0.0127. The fourth-order valence-electron chi connectivity index (χ4n) is 1.61. The number of carbonyl (C=O) groups is 1. The number of hydrogen-bond acceptors (Lipinski definition) is 3. The lowest BCUT2D eigenvalue weighted by atomic mass is 10.1. The Balaban J connectivity index is 2.33. The van der Waals surface area contributed by atoms with Crippen LogP contribution in [0.25, 0.3) is 5.70 Å². The summed E-state index contributed by atoms with van der Waals surface area (Å²) >= 11 is 0. The number of pyridine rings is 1. The zero-order valence-electron chi connectivity index (χ0n) is 8.79. The number of aromatic nitrogens is 1. The van der Waals surface area contributed by atoms with Gasteiger partial charge in [0.05, 0.1) is 5.70 Å². The standard InChI is InChI=1S/C11H13N3O/c1-7-5-9(6-8(2)12-7)10-3-4-11(15)14-13-10/h3,5-6,13H,4H2,1-2H3,(H,14,15). The first kappa shape index (κ1) is 9.71. The van der Waals surface area contributed by atoms with Gasteiger partial charge in [-0.2, -0.15) is 0 Å². The van der Waals surface area contributed by atoms with Crippen LogP contribution in [0, 0.1) is 13.8 Å². The molecular formula is C11H13N3O. The van der Waals surface area contributed by atoms with Crippen molar-refractivity contribution in [2.24, 2.45) is 0 Å². The molecule has 0 aromatic carbocycles. The lowest BCUT2D eigenvalue weighted by Crippen LogP contribution is -2.38. The normalized spacial score (nSPS) is 15.3. The van der Waals surface area contributed by atoms with Gasteiger partial charge in [0.2, 0.25) is 5.91 Å². The summed E-state index contributed by atoms with van der Waals surface area (Å²) in [7, 11) is 0. The van der Waals surface area contributed by atoms with E-state index >= 15 is 0 Å². The van der Waals surface area contributed by atoms with Gasteiger partial charge in [0.15, 0.2) is 0 Å². The first-order valence-corrected chi connectivity index (χ1v) is 4.86. The second-order valence-electron chi connectivity index (χ2n) is 3.63. The van der Waals surface area contributed by atoms with E-state index in [0.29, 0.717) is 6.42 Å². The van der Waals surface area contributed by atoms with Gasteiger partial charge in [-0.25, -0.2) is 0 Å². The van der Waals surface area contributed by atoms with E-state index in [2.05, 4.69) is 15.8 Å². The summed E-state index contributed by atoms with van der Waals surface area (Å²) in [6.07, 6.45) is 2.30. The molecule has 1 amide bonds. The van der Waals surface area contributed by atoms with Gasteiger partial charge >= 0.3 is 0 Å². The predicted octanol–water partition coefficient (Wildman–Crippen LogP) is 1.06. The van der Waals surface area contributed by atoms with Crippen molar-refractivity contribution in [3.63, 3.8) is 0 Å². The highest BCUT2D eigenvalue weighted by Gasteiger charge is 2.10. The second-order valence-corrected chi connectivity index (χ2v) is 3.63. The molecule has 0 bridgehead atoms. The first-order chi connectivity index (χ1) is 7.15. The Hall–Kier alpha value is -1.84. The largest absolute Gasteiger partial charge is 0.298 e. The average Bonchev–Trinajstić information content (AvgIpc) is 2.17. The van der Waals surface area contributed by atoms with Gasteiger partial charge in [-0.05, 0) is 32.1 Å². The molecule has 0 atom stereocenters. The molecule has 0 spiro atoms. The summed E-state index contributed by atoms with van der Waals surface area (Å²) < 4.78 is 0. The van der Waals surface area contributed by atoms with Crippen LogP contribution in [0.15, 0.2) is 18.2 Å². The molecule has 0 unspecified atom stereocenters. The molecule has 15 heavy (non-hydrogen) atoms. The highest BCUT2D eigenvalue weighted by molar-refractivity contribution is 5.83. The average molecular weight is 203 g/mol. The van der Waals surface area contributed by atoms with Gasteiger partial charge in [-0.15, -0.1) is 0 Å². The van der Waals surface area contributed by atoms with Gasteiger partial charge in [0.1, 0.15) is 0 Å². The number of rotatable bonds is 1. The maximum Gasteiger partial charge on any atom is 0.242 e. The van der Waals surface area contributed by atoms with E-state index in [1.165, 1.54) is 0 Å². The van der Waals surface area contributed by atoms with Crippen LogP contribution < -0.4 is 10.9 Å². The zero-order valence-corrected chi connectivity index (χ0v) is 8.79. The lowest BCUT2D eigenvalue weighted by molar-refractivity contribution is -0.121. The van der Waals surface area contributed by atoms with E-state index in [9.17, 15) is 4.79 Å². The number of hydrazine groups is 1. The Morgan fingerprint density at radius 2 is 1.87 bits per heavy atom. The molecule has 2 N–H and O–H groups in total.